The van der Waals surface area contributed by atoms with E-state index in [0.29, 0.717) is 6.67 Å². The van der Waals surface area contributed by atoms with Crippen molar-refractivity contribution >= 4 is 44.6 Å². The van der Waals surface area contributed by atoms with E-state index in [4.69, 9.17) is 9.72 Å². The molecule has 5 nitrogen and oxygen atoms in total. The maximum absolute atomic E-state index is 7.26. The van der Waals surface area contributed by atoms with Gasteiger partial charge in [-0.2, -0.15) is 0 Å². The van der Waals surface area contributed by atoms with Crippen molar-refractivity contribution in [2.45, 2.75) is 105 Å². The highest BCUT2D eigenvalue weighted by atomic mass is 16.5. The van der Waals surface area contributed by atoms with Crippen molar-refractivity contribution in [3.05, 3.63) is 265 Å². The third-order valence-corrected chi connectivity index (χ3v) is 17.5. The standard InChI is InChI=1S/C82H78N4O/c1-79(2,3)61-38-33-55(34-39-61)59-37-44-73-70(46-59)69-43-42-65(50-76(69)86(73)77-51-72(82(10,11)12)71(52-83-77)56-25-17-14-18-26-56)87-66-48-63(81(7,8)9)47-64(49-66)84-53-85(75-32-20-19-31-74(75)84)78-67(57-35-40-62(41-36-57)80(4,5)6)29-22-30-68(78)60-28-21-27-58(45-60)54-23-15-13-16-24-54/h13-52H,53H2,1-12H3. The van der Waals surface area contributed by atoms with Gasteiger partial charge in [-0.15, -0.1) is 0 Å². The molecule has 3 heterocycles. The molecule has 1 aliphatic rings. The van der Waals surface area contributed by atoms with Crippen LogP contribution in [0.3, 0.4) is 0 Å². The summed E-state index contributed by atoms with van der Waals surface area (Å²) in [6.45, 7) is 28.0. The molecule has 5 heteroatoms. The van der Waals surface area contributed by atoms with Gasteiger partial charge in [-0.05, 0) is 144 Å². The Morgan fingerprint density at radius 2 is 0.874 bits per heavy atom. The highest BCUT2D eigenvalue weighted by Gasteiger charge is 2.33. The van der Waals surface area contributed by atoms with Gasteiger partial charge in [0.15, 0.2) is 0 Å². The smallest absolute Gasteiger partial charge is 0.137 e. The maximum atomic E-state index is 7.26. The third-order valence-electron chi connectivity index (χ3n) is 17.5. The Morgan fingerprint density at radius 3 is 1.52 bits per heavy atom. The van der Waals surface area contributed by atoms with Crippen molar-refractivity contribution in [2.24, 2.45) is 0 Å². The first-order chi connectivity index (χ1) is 41.6. The number of anilines is 4. The van der Waals surface area contributed by atoms with Gasteiger partial charge in [0.25, 0.3) is 0 Å². The van der Waals surface area contributed by atoms with Gasteiger partial charge in [-0.25, -0.2) is 4.98 Å². The number of hydrogen-bond donors (Lipinski definition) is 0. The SMILES string of the molecule is CC(C)(C)c1ccc(-c2ccc3c(c2)c2ccc(Oc4cc(N5CN(c6c(-c7ccc(C(C)(C)C)cc7)cccc6-c6cccc(-c7ccccc7)c6)c6ccccc65)cc(C(C)(C)C)c4)cc2n3-c2cc(C(C)(C)C)c(-c3ccccc3)cn2)cc1. The number of para-hydroxylation sites is 3. The molecule has 1 aliphatic heterocycles. The van der Waals surface area contributed by atoms with Crippen LogP contribution in [0.5, 0.6) is 11.5 Å². The molecule has 0 saturated carbocycles. The summed E-state index contributed by atoms with van der Waals surface area (Å²) in [4.78, 5) is 10.3. The van der Waals surface area contributed by atoms with Gasteiger partial charge in [0.05, 0.1) is 28.1 Å². The summed E-state index contributed by atoms with van der Waals surface area (Å²) in [6.07, 6.45) is 2.07. The molecule has 87 heavy (non-hydrogen) atoms. The first kappa shape index (κ1) is 56.7. The van der Waals surface area contributed by atoms with Gasteiger partial charge in [-0.1, -0.05) is 247 Å². The third kappa shape index (κ3) is 11.0. The van der Waals surface area contributed by atoms with Crippen molar-refractivity contribution in [1.29, 1.82) is 0 Å². The molecule has 0 N–H and O–H groups in total. The van der Waals surface area contributed by atoms with Gasteiger partial charge < -0.3 is 14.5 Å². The van der Waals surface area contributed by atoms with Crippen LogP contribution in [0.4, 0.5) is 22.7 Å². The first-order valence-electron chi connectivity index (χ1n) is 30.8. The van der Waals surface area contributed by atoms with Crippen LogP contribution in [0.15, 0.2) is 243 Å². The van der Waals surface area contributed by atoms with Gasteiger partial charge in [0.1, 0.15) is 24.0 Å². The van der Waals surface area contributed by atoms with Gasteiger partial charge in [0.2, 0.25) is 0 Å². The molecule has 0 saturated heterocycles. The number of ether oxygens (including phenoxy) is 1. The summed E-state index contributed by atoms with van der Waals surface area (Å²) in [5.41, 5.74) is 23.1. The Labute approximate surface area is 515 Å². The quantitative estimate of drug-likeness (QED) is 0.137. The molecule has 0 aliphatic carbocycles. The van der Waals surface area contributed by atoms with Crippen LogP contribution in [0, 0.1) is 0 Å². The predicted octanol–water partition coefficient (Wildman–Crippen LogP) is 22.7. The molecule has 2 aromatic heterocycles. The van der Waals surface area contributed by atoms with Crippen molar-refractivity contribution in [1.82, 2.24) is 9.55 Å². The van der Waals surface area contributed by atoms with E-state index in [1.165, 1.54) is 61.2 Å². The van der Waals surface area contributed by atoms with E-state index in [-0.39, 0.29) is 21.7 Å². The van der Waals surface area contributed by atoms with Crippen LogP contribution in [-0.4, -0.2) is 16.2 Å². The number of hydrogen-bond acceptors (Lipinski definition) is 4. The number of rotatable bonds is 10. The molecule has 0 radical (unpaired) electrons. The van der Waals surface area contributed by atoms with Crippen LogP contribution in [0.25, 0.3) is 83.3 Å². The fourth-order valence-corrected chi connectivity index (χ4v) is 12.6. The summed E-state index contributed by atoms with van der Waals surface area (Å²) >= 11 is 0. The highest BCUT2D eigenvalue weighted by Crippen LogP contribution is 2.52. The van der Waals surface area contributed by atoms with E-state index in [1.54, 1.807) is 0 Å². The largest absolute Gasteiger partial charge is 0.457 e. The molecule has 13 rings (SSSR count). The molecule has 0 bridgehead atoms. The number of nitrogens with zero attached hydrogens (tertiary/aromatic N) is 4. The number of aromatic nitrogens is 2. The van der Waals surface area contributed by atoms with Crippen molar-refractivity contribution in [2.75, 3.05) is 16.5 Å². The van der Waals surface area contributed by atoms with Crippen LogP contribution in [0.1, 0.15) is 105 Å². The zero-order chi connectivity index (χ0) is 60.6. The second-order valence-corrected chi connectivity index (χ2v) is 27.8. The Balaban J connectivity index is 0.933. The zero-order valence-corrected chi connectivity index (χ0v) is 52.5. The predicted molar refractivity (Wildman–Crippen MR) is 369 cm³/mol. The highest BCUT2D eigenvalue weighted by molar-refractivity contribution is 6.11. The normalized spacial score (nSPS) is 13.0. The Kier molecular flexibility index (Phi) is 14.2. The van der Waals surface area contributed by atoms with Gasteiger partial charge >= 0.3 is 0 Å². The molecular formula is C82H78N4O. The average Bonchev–Trinajstić information content (AvgIpc) is 1.69. The molecular weight excluding hydrogens is 1060 g/mol. The molecule has 0 unspecified atom stereocenters. The van der Waals surface area contributed by atoms with Crippen LogP contribution >= 0.6 is 0 Å². The minimum Gasteiger partial charge on any atom is -0.457 e. The Bertz CT molecular complexity index is 4530. The molecule has 0 fully saturated rings. The van der Waals surface area contributed by atoms with Crippen molar-refractivity contribution in [3.63, 3.8) is 0 Å². The van der Waals surface area contributed by atoms with E-state index in [1.807, 2.05) is 0 Å². The Hall–Kier alpha value is -9.45. The van der Waals surface area contributed by atoms with E-state index in [2.05, 4.69) is 340 Å². The average molecular weight is 1140 g/mol. The molecule has 0 amide bonds. The minimum atomic E-state index is -0.195. The van der Waals surface area contributed by atoms with E-state index < -0.39 is 0 Å². The minimum absolute atomic E-state index is 0.0286. The lowest BCUT2D eigenvalue weighted by molar-refractivity contribution is 0.479. The van der Waals surface area contributed by atoms with E-state index in [9.17, 15) is 0 Å². The van der Waals surface area contributed by atoms with Crippen LogP contribution < -0.4 is 14.5 Å². The number of fused-ring (bicyclic) bond motifs is 4. The number of pyridine rings is 1. The molecule has 0 atom stereocenters. The lowest BCUT2D eigenvalue weighted by Crippen LogP contribution is -2.25. The van der Waals surface area contributed by atoms with Crippen molar-refractivity contribution < 1.29 is 4.74 Å². The molecule has 12 aromatic rings. The van der Waals surface area contributed by atoms with Crippen molar-refractivity contribution in [3.8, 4) is 73.0 Å². The summed E-state index contributed by atoms with van der Waals surface area (Å²) in [5.74, 6) is 2.38. The summed E-state index contributed by atoms with van der Waals surface area (Å²) in [5, 5.41) is 2.29. The Morgan fingerprint density at radius 1 is 0.345 bits per heavy atom. The number of benzene rings is 10. The second kappa shape index (κ2) is 21.8. The summed E-state index contributed by atoms with van der Waals surface area (Å²) in [7, 11) is 0. The van der Waals surface area contributed by atoms with Crippen LogP contribution in [0.2, 0.25) is 0 Å². The van der Waals surface area contributed by atoms with Gasteiger partial charge in [0, 0.05) is 51.5 Å². The van der Waals surface area contributed by atoms with Gasteiger partial charge in [-0.3, -0.25) is 4.57 Å². The maximum Gasteiger partial charge on any atom is 0.137 e. The molecule has 432 valence electrons. The summed E-state index contributed by atoms with van der Waals surface area (Å²) in [6, 6.07) is 86.9. The molecule has 10 aromatic carbocycles. The molecule has 0 spiro atoms. The van der Waals surface area contributed by atoms with Crippen LogP contribution in [-0.2, 0) is 21.7 Å². The first-order valence-corrected chi connectivity index (χ1v) is 30.8. The summed E-state index contributed by atoms with van der Waals surface area (Å²) < 4.78 is 9.59. The topological polar surface area (TPSA) is 33.5 Å². The van der Waals surface area contributed by atoms with E-state index >= 15 is 0 Å². The zero-order valence-electron chi connectivity index (χ0n) is 52.5. The fraction of sp³-hybridized carbons (Fsp3) is 0.207. The fourth-order valence-electron chi connectivity index (χ4n) is 12.6. The second-order valence-electron chi connectivity index (χ2n) is 27.8. The lowest BCUT2D eigenvalue weighted by atomic mass is 9.82. The monoisotopic (exact) mass is 1130 g/mol. The van der Waals surface area contributed by atoms with E-state index in [0.717, 1.165) is 78.6 Å². The lowest BCUT2D eigenvalue weighted by Gasteiger charge is -2.28.